The van der Waals surface area contributed by atoms with Crippen molar-refractivity contribution in [3.8, 4) is 5.75 Å². The van der Waals surface area contributed by atoms with Crippen LogP contribution in [0.1, 0.15) is 16.7 Å². The summed E-state index contributed by atoms with van der Waals surface area (Å²) in [6.45, 7) is 3.89. The van der Waals surface area contributed by atoms with Gasteiger partial charge in [0.25, 0.3) is 0 Å². The van der Waals surface area contributed by atoms with Crippen molar-refractivity contribution in [2.75, 3.05) is 5.75 Å². The molecule has 0 aliphatic carbocycles. The van der Waals surface area contributed by atoms with Crippen LogP contribution in [0, 0.1) is 13.8 Å². The summed E-state index contributed by atoms with van der Waals surface area (Å²) >= 11 is 1.31. The molecule has 0 bridgehead atoms. The first kappa shape index (κ1) is 12.6. The first-order valence-corrected chi connectivity index (χ1v) is 6.38. The van der Waals surface area contributed by atoms with Crippen molar-refractivity contribution < 1.29 is 9.90 Å². The number of aromatic hydroxyl groups is 1. The number of rotatable bonds is 2. The second-order valence-corrected chi connectivity index (χ2v) is 4.95. The minimum atomic E-state index is -0.0667. The largest absolute Gasteiger partial charge is 0.507 e. The van der Waals surface area contributed by atoms with E-state index in [1.165, 1.54) is 18.0 Å². The van der Waals surface area contributed by atoms with Crippen LogP contribution in [0.25, 0.3) is 0 Å². The highest BCUT2D eigenvalue weighted by Gasteiger charge is 2.15. The summed E-state index contributed by atoms with van der Waals surface area (Å²) in [5.41, 5.74) is 2.71. The normalized spacial score (nSPS) is 17.7. The molecular formula is C12H13N3O2S. The SMILES string of the molecule is Cc1cc(O)c(C=NN=C2NC(=O)CS2)cc1C. The second-order valence-electron chi connectivity index (χ2n) is 3.98. The van der Waals surface area contributed by atoms with E-state index in [-0.39, 0.29) is 11.7 Å². The molecule has 0 saturated carbocycles. The maximum absolute atomic E-state index is 10.9. The molecule has 0 aromatic heterocycles. The summed E-state index contributed by atoms with van der Waals surface area (Å²) in [6, 6.07) is 3.53. The molecular weight excluding hydrogens is 250 g/mol. The van der Waals surface area contributed by atoms with Gasteiger partial charge in [-0.2, -0.15) is 5.10 Å². The van der Waals surface area contributed by atoms with Gasteiger partial charge in [0.2, 0.25) is 5.91 Å². The van der Waals surface area contributed by atoms with Gasteiger partial charge in [-0.25, -0.2) is 0 Å². The summed E-state index contributed by atoms with van der Waals surface area (Å²) in [4.78, 5) is 10.9. The molecule has 0 unspecified atom stereocenters. The smallest absolute Gasteiger partial charge is 0.236 e. The number of phenolic OH excluding ortho intramolecular Hbond substituents is 1. The van der Waals surface area contributed by atoms with Crippen LogP contribution < -0.4 is 5.32 Å². The zero-order valence-corrected chi connectivity index (χ0v) is 10.9. The van der Waals surface area contributed by atoms with Crippen LogP contribution in [0.15, 0.2) is 22.3 Å². The number of amidine groups is 1. The summed E-state index contributed by atoms with van der Waals surface area (Å²) in [5, 5.41) is 20.5. The van der Waals surface area contributed by atoms with Gasteiger partial charge in [0.1, 0.15) is 5.75 Å². The number of nitrogens with one attached hydrogen (secondary N) is 1. The standard InChI is InChI=1S/C12H13N3O2S/c1-7-3-9(10(16)4-8(7)2)5-13-15-12-14-11(17)6-18-12/h3-5,16H,6H2,1-2H3,(H,14,15,17). The third-order valence-corrected chi connectivity index (χ3v) is 3.44. The van der Waals surface area contributed by atoms with Crippen molar-refractivity contribution in [1.29, 1.82) is 0 Å². The Morgan fingerprint density at radius 2 is 2.11 bits per heavy atom. The Balaban J connectivity index is 2.14. The fourth-order valence-corrected chi connectivity index (χ4v) is 2.08. The van der Waals surface area contributed by atoms with E-state index in [1.807, 2.05) is 19.9 Å². The minimum absolute atomic E-state index is 0.0667. The Bertz CT molecular complexity index is 552. The lowest BCUT2D eigenvalue weighted by atomic mass is 10.1. The Morgan fingerprint density at radius 3 is 2.78 bits per heavy atom. The van der Waals surface area contributed by atoms with Crippen molar-refractivity contribution in [1.82, 2.24) is 5.32 Å². The Morgan fingerprint density at radius 1 is 1.39 bits per heavy atom. The van der Waals surface area contributed by atoms with Crippen LogP contribution >= 0.6 is 11.8 Å². The Hall–Kier alpha value is -1.82. The van der Waals surface area contributed by atoms with E-state index in [9.17, 15) is 9.90 Å². The topological polar surface area (TPSA) is 74.1 Å². The van der Waals surface area contributed by atoms with E-state index in [2.05, 4.69) is 15.5 Å². The molecule has 1 aromatic carbocycles. The predicted octanol–water partition coefficient (Wildman–Crippen LogP) is 1.56. The van der Waals surface area contributed by atoms with Crippen molar-refractivity contribution in [3.05, 3.63) is 28.8 Å². The minimum Gasteiger partial charge on any atom is -0.507 e. The summed E-state index contributed by atoms with van der Waals surface area (Å²) < 4.78 is 0. The molecule has 2 rings (SSSR count). The van der Waals surface area contributed by atoms with Gasteiger partial charge in [-0.15, -0.1) is 5.10 Å². The number of aryl methyl sites for hydroxylation is 2. The van der Waals surface area contributed by atoms with Crippen molar-refractivity contribution in [2.24, 2.45) is 10.2 Å². The Kier molecular flexibility index (Phi) is 3.66. The third kappa shape index (κ3) is 2.89. The van der Waals surface area contributed by atoms with E-state index >= 15 is 0 Å². The number of amides is 1. The predicted molar refractivity (Wildman–Crippen MR) is 73.2 cm³/mol. The average Bonchev–Trinajstić information content (AvgIpc) is 2.71. The lowest BCUT2D eigenvalue weighted by molar-refractivity contribution is -0.116. The third-order valence-electron chi connectivity index (χ3n) is 2.57. The number of carbonyl (C=O) groups is 1. The van der Waals surface area contributed by atoms with Gasteiger partial charge in [-0.1, -0.05) is 11.8 Å². The fourth-order valence-electron chi connectivity index (χ4n) is 1.45. The van der Waals surface area contributed by atoms with E-state index in [4.69, 9.17) is 0 Å². The molecule has 0 spiro atoms. The molecule has 2 N–H and O–H groups in total. The molecule has 6 heteroatoms. The van der Waals surface area contributed by atoms with Crippen LogP contribution in [-0.2, 0) is 4.79 Å². The van der Waals surface area contributed by atoms with Gasteiger partial charge in [0, 0.05) is 5.56 Å². The molecule has 1 aromatic rings. The second kappa shape index (κ2) is 5.22. The first-order chi connectivity index (χ1) is 8.56. The van der Waals surface area contributed by atoms with Gasteiger partial charge in [-0.05, 0) is 37.1 Å². The van der Waals surface area contributed by atoms with Gasteiger partial charge >= 0.3 is 0 Å². The zero-order valence-electron chi connectivity index (χ0n) is 10.1. The van der Waals surface area contributed by atoms with Gasteiger partial charge < -0.3 is 10.4 Å². The van der Waals surface area contributed by atoms with Crippen molar-refractivity contribution >= 4 is 29.1 Å². The number of carbonyl (C=O) groups excluding carboxylic acids is 1. The van der Waals surface area contributed by atoms with Gasteiger partial charge in [-0.3, -0.25) is 4.79 Å². The van der Waals surface area contributed by atoms with E-state index in [0.717, 1.165) is 11.1 Å². The molecule has 1 saturated heterocycles. The summed E-state index contributed by atoms with van der Waals surface area (Å²) in [6.07, 6.45) is 1.47. The van der Waals surface area contributed by atoms with E-state index in [0.29, 0.717) is 16.5 Å². The molecule has 18 heavy (non-hydrogen) atoms. The van der Waals surface area contributed by atoms with Crippen LogP contribution in [-0.4, -0.2) is 28.1 Å². The van der Waals surface area contributed by atoms with Gasteiger partial charge in [0.05, 0.1) is 12.0 Å². The molecule has 1 fully saturated rings. The lowest BCUT2D eigenvalue weighted by Gasteiger charge is -2.03. The van der Waals surface area contributed by atoms with Gasteiger partial charge in [0.15, 0.2) is 5.17 Å². The number of hydrogen-bond acceptors (Lipinski definition) is 5. The summed E-state index contributed by atoms with van der Waals surface area (Å²) in [5.74, 6) is 0.483. The number of phenols is 1. The van der Waals surface area contributed by atoms with Crippen molar-refractivity contribution in [3.63, 3.8) is 0 Å². The van der Waals surface area contributed by atoms with E-state index < -0.39 is 0 Å². The molecule has 1 amide bonds. The highest BCUT2D eigenvalue weighted by atomic mass is 32.2. The molecule has 1 aliphatic heterocycles. The van der Waals surface area contributed by atoms with Crippen molar-refractivity contribution in [2.45, 2.75) is 13.8 Å². The number of nitrogens with zero attached hydrogens (tertiary/aromatic N) is 2. The fraction of sp³-hybridized carbons (Fsp3) is 0.250. The van der Waals surface area contributed by atoms with Crippen LogP contribution in [0.3, 0.4) is 0 Å². The Labute approximate surface area is 109 Å². The number of hydrogen-bond donors (Lipinski definition) is 2. The molecule has 1 heterocycles. The molecule has 1 aliphatic rings. The van der Waals surface area contributed by atoms with Crippen LogP contribution in [0.4, 0.5) is 0 Å². The number of thioether (sulfide) groups is 1. The maximum Gasteiger partial charge on any atom is 0.236 e. The highest BCUT2D eigenvalue weighted by Crippen LogP contribution is 2.20. The zero-order chi connectivity index (χ0) is 13.1. The first-order valence-electron chi connectivity index (χ1n) is 5.40. The summed E-state index contributed by atoms with van der Waals surface area (Å²) in [7, 11) is 0. The molecule has 0 radical (unpaired) electrons. The number of benzene rings is 1. The quantitative estimate of drug-likeness (QED) is 0.628. The maximum atomic E-state index is 10.9. The highest BCUT2D eigenvalue weighted by molar-refractivity contribution is 8.15. The average molecular weight is 263 g/mol. The monoisotopic (exact) mass is 263 g/mol. The molecule has 5 nitrogen and oxygen atoms in total. The van der Waals surface area contributed by atoms with E-state index in [1.54, 1.807) is 6.07 Å². The molecule has 0 atom stereocenters. The molecule has 94 valence electrons. The van der Waals surface area contributed by atoms with Crippen LogP contribution in [0.5, 0.6) is 5.75 Å². The lowest BCUT2D eigenvalue weighted by Crippen LogP contribution is -2.19. The van der Waals surface area contributed by atoms with Crippen LogP contribution in [0.2, 0.25) is 0 Å².